The number of H-pyrrole nitrogens is 1. The van der Waals surface area contributed by atoms with Crippen molar-refractivity contribution in [1.82, 2.24) is 20.1 Å². The van der Waals surface area contributed by atoms with Gasteiger partial charge in [-0.25, -0.2) is 0 Å². The smallest absolute Gasteiger partial charge is 0.253 e. The topological polar surface area (TPSA) is 69.8 Å². The maximum atomic E-state index is 13.0. The first-order chi connectivity index (χ1) is 16.5. The van der Waals surface area contributed by atoms with Crippen molar-refractivity contribution in [3.8, 4) is 11.5 Å². The summed E-state index contributed by atoms with van der Waals surface area (Å²) in [6.07, 6.45) is 0. The van der Waals surface area contributed by atoms with Crippen molar-refractivity contribution in [1.29, 1.82) is 0 Å². The van der Waals surface area contributed by atoms with Gasteiger partial charge in [-0.2, -0.15) is 0 Å². The second-order valence-corrected chi connectivity index (χ2v) is 8.83. The largest absolute Gasteiger partial charge is 0.454 e. The third kappa shape index (κ3) is 5.51. The summed E-state index contributed by atoms with van der Waals surface area (Å²) >= 11 is 5.83. The van der Waals surface area contributed by atoms with Crippen molar-refractivity contribution in [2.75, 3.05) is 33.0 Å². The Morgan fingerprint density at radius 1 is 1.09 bits per heavy atom. The summed E-state index contributed by atoms with van der Waals surface area (Å²) in [6, 6.07) is 15.9. The van der Waals surface area contributed by atoms with E-state index in [-0.39, 0.29) is 18.4 Å². The monoisotopic (exact) mass is 480 g/mol. The van der Waals surface area contributed by atoms with Crippen molar-refractivity contribution in [3.63, 3.8) is 0 Å². The summed E-state index contributed by atoms with van der Waals surface area (Å²) in [4.78, 5) is 20.4. The molecule has 0 spiro atoms. The average molecular weight is 481 g/mol. The number of thiocarbonyl (C=S) groups is 1. The lowest BCUT2D eigenvalue weighted by atomic mass is 10.1. The number of benzene rings is 2. The maximum Gasteiger partial charge on any atom is 0.253 e. The van der Waals surface area contributed by atoms with Gasteiger partial charge in [-0.1, -0.05) is 44.2 Å². The fourth-order valence-corrected chi connectivity index (χ4v) is 4.45. The SMILES string of the molecule is CCN(CC)CCN(Cc1cc2cc3c(cc2[nH]c1=O)OCO3)C(=S)N[C@@H](C)c1ccccc1. The Kier molecular flexibility index (Phi) is 7.70. The highest BCUT2D eigenvalue weighted by atomic mass is 32.1. The van der Waals surface area contributed by atoms with Gasteiger partial charge in [-0.3, -0.25) is 4.79 Å². The Morgan fingerprint density at radius 3 is 2.50 bits per heavy atom. The lowest BCUT2D eigenvalue weighted by Crippen LogP contribution is -2.44. The molecular formula is C26H32N4O3S. The number of hydrogen-bond acceptors (Lipinski definition) is 5. The highest BCUT2D eigenvalue weighted by Crippen LogP contribution is 2.35. The van der Waals surface area contributed by atoms with Crippen LogP contribution in [0.3, 0.4) is 0 Å². The van der Waals surface area contributed by atoms with E-state index >= 15 is 0 Å². The molecule has 2 N–H and O–H groups in total. The molecule has 1 aliphatic rings. The van der Waals surface area contributed by atoms with E-state index in [2.05, 4.69) is 53.0 Å². The van der Waals surface area contributed by atoms with Gasteiger partial charge in [-0.15, -0.1) is 0 Å². The van der Waals surface area contributed by atoms with Gasteiger partial charge in [0, 0.05) is 30.1 Å². The van der Waals surface area contributed by atoms with Crippen molar-refractivity contribution in [2.45, 2.75) is 33.4 Å². The molecular weight excluding hydrogens is 448 g/mol. The first kappa shape index (κ1) is 24.0. The summed E-state index contributed by atoms with van der Waals surface area (Å²) < 4.78 is 10.9. The minimum absolute atomic E-state index is 0.0549. The molecule has 0 aliphatic carbocycles. The van der Waals surface area contributed by atoms with E-state index in [9.17, 15) is 4.79 Å². The fourth-order valence-electron chi connectivity index (χ4n) is 4.12. The van der Waals surface area contributed by atoms with Gasteiger partial charge in [0.05, 0.1) is 18.1 Å². The van der Waals surface area contributed by atoms with Crippen LogP contribution in [0.4, 0.5) is 0 Å². The number of aromatic nitrogens is 1. The number of nitrogens with one attached hydrogen (secondary N) is 2. The second kappa shape index (κ2) is 10.9. The first-order valence-corrected chi connectivity index (χ1v) is 12.2. The zero-order valence-electron chi connectivity index (χ0n) is 20.0. The van der Waals surface area contributed by atoms with Gasteiger partial charge < -0.3 is 29.6 Å². The lowest BCUT2D eigenvalue weighted by molar-refractivity contribution is 0.174. The molecule has 0 saturated heterocycles. The summed E-state index contributed by atoms with van der Waals surface area (Å²) in [6.45, 7) is 10.5. The van der Waals surface area contributed by atoms with Crippen molar-refractivity contribution in [2.24, 2.45) is 0 Å². The maximum absolute atomic E-state index is 13.0. The molecule has 1 atom stereocenters. The minimum atomic E-state index is -0.127. The first-order valence-electron chi connectivity index (χ1n) is 11.8. The van der Waals surface area contributed by atoms with Crippen LogP contribution in [0.2, 0.25) is 0 Å². The molecule has 2 aromatic carbocycles. The molecule has 0 unspecified atom stereocenters. The summed E-state index contributed by atoms with van der Waals surface area (Å²) in [5, 5.41) is 4.99. The predicted octanol–water partition coefficient (Wildman–Crippen LogP) is 4.04. The Hall–Kier alpha value is -3.10. The zero-order valence-corrected chi connectivity index (χ0v) is 20.8. The number of rotatable bonds is 9. The quantitative estimate of drug-likeness (QED) is 0.448. The van der Waals surface area contributed by atoms with Crippen LogP contribution in [0.5, 0.6) is 11.5 Å². The molecule has 0 amide bonds. The van der Waals surface area contributed by atoms with Gasteiger partial charge in [0.1, 0.15) is 0 Å². The van der Waals surface area contributed by atoms with Crippen LogP contribution in [0.25, 0.3) is 10.9 Å². The number of aromatic amines is 1. The van der Waals surface area contributed by atoms with Crippen LogP contribution in [-0.2, 0) is 6.54 Å². The van der Waals surface area contributed by atoms with Gasteiger partial charge in [0.2, 0.25) is 6.79 Å². The van der Waals surface area contributed by atoms with Crippen molar-refractivity contribution in [3.05, 3.63) is 70.0 Å². The van der Waals surface area contributed by atoms with E-state index < -0.39 is 0 Å². The number of nitrogens with zero attached hydrogens (tertiary/aromatic N) is 2. The van der Waals surface area contributed by atoms with Crippen molar-refractivity contribution >= 4 is 28.2 Å². The molecule has 0 fully saturated rings. The van der Waals surface area contributed by atoms with E-state index in [1.165, 1.54) is 0 Å². The van der Waals surface area contributed by atoms with E-state index in [0.717, 1.165) is 36.1 Å². The molecule has 3 aromatic rings. The van der Waals surface area contributed by atoms with Crippen LogP contribution in [0.15, 0.2) is 53.3 Å². The number of likely N-dealkylation sites (N-methyl/N-ethyl adjacent to an activating group) is 1. The predicted molar refractivity (Wildman–Crippen MR) is 139 cm³/mol. The molecule has 1 aromatic heterocycles. The molecule has 2 heterocycles. The van der Waals surface area contributed by atoms with Crippen LogP contribution < -0.4 is 20.3 Å². The average Bonchev–Trinajstić information content (AvgIpc) is 3.30. The highest BCUT2D eigenvalue weighted by molar-refractivity contribution is 7.80. The van der Waals surface area contributed by atoms with Crippen LogP contribution in [0.1, 0.15) is 37.9 Å². The van der Waals surface area contributed by atoms with Gasteiger partial charge >= 0.3 is 0 Å². The Bertz CT molecular complexity index is 1190. The number of fused-ring (bicyclic) bond motifs is 2. The third-order valence-electron chi connectivity index (χ3n) is 6.28. The second-order valence-electron chi connectivity index (χ2n) is 8.45. The van der Waals surface area contributed by atoms with Gasteiger partial charge in [0.15, 0.2) is 16.6 Å². The standard InChI is InChI=1S/C26H32N4O3S/c1-4-29(5-2)11-12-30(26(34)27-18(3)19-9-7-6-8-10-19)16-21-13-20-14-23-24(33-17-32-23)15-22(20)28-25(21)31/h6-10,13-15,18H,4-5,11-12,16-17H2,1-3H3,(H,27,34)(H,28,31)/t18-/m0/s1. The summed E-state index contributed by atoms with van der Waals surface area (Å²) in [5.74, 6) is 1.34. The Morgan fingerprint density at radius 2 is 1.79 bits per heavy atom. The molecule has 4 rings (SSSR count). The van der Waals surface area contributed by atoms with Gasteiger partial charge in [0.25, 0.3) is 5.56 Å². The molecule has 34 heavy (non-hydrogen) atoms. The van der Waals surface area contributed by atoms with Crippen molar-refractivity contribution < 1.29 is 9.47 Å². The highest BCUT2D eigenvalue weighted by Gasteiger charge is 2.19. The summed E-state index contributed by atoms with van der Waals surface area (Å²) in [5.41, 5.74) is 2.42. The Labute approximate surface area is 205 Å². The van der Waals surface area contributed by atoms with E-state index in [4.69, 9.17) is 21.7 Å². The number of ether oxygens (including phenoxy) is 2. The van der Waals surface area contributed by atoms with E-state index in [0.29, 0.717) is 35.3 Å². The molecule has 1 aliphatic heterocycles. The van der Waals surface area contributed by atoms with Gasteiger partial charge in [-0.05, 0) is 49.9 Å². The summed E-state index contributed by atoms with van der Waals surface area (Å²) in [7, 11) is 0. The molecule has 180 valence electrons. The van der Waals surface area contributed by atoms with E-state index in [1.807, 2.05) is 36.4 Å². The van der Waals surface area contributed by atoms with Crippen LogP contribution in [0, 0.1) is 0 Å². The minimum Gasteiger partial charge on any atom is -0.454 e. The molecule has 0 radical (unpaired) electrons. The number of pyridine rings is 1. The van der Waals surface area contributed by atoms with Crippen LogP contribution in [-0.4, -0.2) is 52.9 Å². The molecule has 7 nitrogen and oxygen atoms in total. The fraction of sp³-hybridized carbons (Fsp3) is 0.385. The molecule has 8 heteroatoms. The Balaban J connectivity index is 1.57. The molecule has 0 bridgehead atoms. The molecule has 0 saturated carbocycles. The lowest BCUT2D eigenvalue weighted by Gasteiger charge is -2.30. The van der Waals surface area contributed by atoms with Crippen LogP contribution >= 0.6 is 12.2 Å². The number of hydrogen-bond donors (Lipinski definition) is 2. The third-order valence-corrected chi connectivity index (χ3v) is 6.66. The van der Waals surface area contributed by atoms with E-state index in [1.54, 1.807) is 0 Å². The normalized spacial score (nSPS) is 13.3. The zero-order chi connectivity index (χ0) is 24.1.